The van der Waals surface area contributed by atoms with Crippen LogP contribution in [-0.2, 0) is 9.59 Å². The van der Waals surface area contributed by atoms with Gasteiger partial charge in [0.25, 0.3) is 5.91 Å². The number of nitrogens with two attached hydrogens (primary N) is 1. The third-order valence-electron chi connectivity index (χ3n) is 1.91. The van der Waals surface area contributed by atoms with E-state index in [1.54, 1.807) is 6.92 Å². The van der Waals surface area contributed by atoms with E-state index in [9.17, 15) is 9.59 Å². The standard InChI is InChI=1S/C11H20N2O2/c1-4-6-9(7-5-2)11(15)13-10(14)8(3)12/h6,8H,4-5,7,12H2,1-3H3,(H,13,14,15)/b9-6+. The van der Waals surface area contributed by atoms with E-state index in [0.717, 1.165) is 12.8 Å². The van der Waals surface area contributed by atoms with Gasteiger partial charge in [0.2, 0.25) is 5.91 Å². The first kappa shape index (κ1) is 13.8. The zero-order valence-electron chi connectivity index (χ0n) is 9.67. The van der Waals surface area contributed by atoms with Crippen molar-refractivity contribution in [1.29, 1.82) is 0 Å². The van der Waals surface area contributed by atoms with Crippen molar-refractivity contribution in [2.24, 2.45) is 5.73 Å². The molecule has 1 unspecified atom stereocenters. The highest BCUT2D eigenvalue weighted by Crippen LogP contribution is 2.06. The Morgan fingerprint density at radius 1 is 1.40 bits per heavy atom. The van der Waals surface area contributed by atoms with Crippen molar-refractivity contribution in [3.63, 3.8) is 0 Å². The summed E-state index contributed by atoms with van der Waals surface area (Å²) in [5, 5.41) is 2.28. The van der Waals surface area contributed by atoms with Gasteiger partial charge in [-0.15, -0.1) is 0 Å². The fourth-order valence-electron chi connectivity index (χ4n) is 1.13. The van der Waals surface area contributed by atoms with E-state index in [-0.39, 0.29) is 5.91 Å². The van der Waals surface area contributed by atoms with Gasteiger partial charge in [-0.25, -0.2) is 0 Å². The summed E-state index contributed by atoms with van der Waals surface area (Å²) >= 11 is 0. The largest absolute Gasteiger partial charge is 0.320 e. The highest BCUT2D eigenvalue weighted by atomic mass is 16.2. The van der Waals surface area contributed by atoms with Gasteiger partial charge in [0.15, 0.2) is 0 Å². The summed E-state index contributed by atoms with van der Waals surface area (Å²) < 4.78 is 0. The van der Waals surface area contributed by atoms with Crippen LogP contribution in [0.25, 0.3) is 0 Å². The number of carbonyl (C=O) groups excluding carboxylic acids is 2. The lowest BCUT2D eigenvalue weighted by atomic mass is 10.1. The molecule has 0 bridgehead atoms. The van der Waals surface area contributed by atoms with Crippen molar-refractivity contribution in [3.8, 4) is 0 Å². The first-order valence-corrected chi connectivity index (χ1v) is 5.32. The predicted molar refractivity (Wildman–Crippen MR) is 60.1 cm³/mol. The van der Waals surface area contributed by atoms with Crippen LogP contribution in [-0.4, -0.2) is 17.9 Å². The van der Waals surface area contributed by atoms with Crippen LogP contribution >= 0.6 is 0 Å². The summed E-state index contributed by atoms with van der Waals surface area (Å²) in [7, 11) is 0. The molecule has 0 aromatic heterocycles. The first-order chi connectivity index (χ1) is 7.02. The van der Waals surface area contributed by atoms with E-state index in [1.165, 1.54) is 0 Å². The average Bonchev–Trinajstić information content (AvgIpc) is 2.17. The Balaban J connectivity index is 4.39. The predicted octanol–water partition coefficient (Wildman–Crippen LogP) is 1.11. The molecule has 86 valence electrons. The zero-order chi connectivity index (χ0) is 11.8. The molecule has 0 radical (unpaired) electrons. The molecule has 0 saturated heterocycles. The molecule has 0 aliphatic heterocycles. The fraction of sp³-hybridized carbons (Fsp3) is 0.636. The lowest BCUT2D eigenvalue weighted by molar-refractivity contribution is -0.129. The van der Waals surface area contributed by atoms with Crippen LogP contribution in [0.3, 0.4) is 0 Å². The van der Waals surface area contributed by atoms with E-state index in [1.807, 2.05) is 19.9 Å². The SMILES string of the molecule is CC/C=C(\CCC)C(=O)NC(=O)C(C)N. The Bertz CT molecular complexity index is 257. The molecule has 2 amide bonds. The number of nitrogens with one attached hydrogen (secondary N) is 1. The molecule has 3 N–H and O–H groups in total. The number of carbonyl (C=O) groups is 2. The summed E-state index contributed by atoms with van der Waals surface area (Å²) in [6, 6.07) is -0.654. The minimum Gasteiger partial charge on any atom is -0.320 e. The van der Waals surface area contributed by atoms with Crippen LogP contribution in [0.1, 0.15) is 40.0 Å². The van der Waals surface area contributed by atoms with Crippen LogP contribution in [0.15, 0.2) is 11.6 Å². The minimum atomic E-state index is -0.654. The number of rotatable bonds is 5. The fourth-order valence-corrected chi connectivity index (χ4v) is 1.13. The van der Waals surface area contributed by atoms with Gasteiger partial charge < -0.3 is 5.73 Å². The van der Waals surface area contributed by atoms with Crippen molar-refractivity contribution >= 4 is 11.8 Å². The number of hydrogen-bond donors (Lipinski definition) is 2. The van der Waals surface area contributed by atoms with Gasteiger partial charge in [-0.3, -0.25) is 14.9 Å². The smallest absolute Gasteiger partial charge is 0.253 e. The molecule has 0 fully saturated rings. The van der Waals surface area contributed by atoms with E-state index < -0.39 is 11.9 Å². The maximum Gasteiger partial charge on any atom is 0.253 e. The Labute approximate surface area is 90.9 Å². The molecule has 0 aliphatic carbocycles. The Kier molecular flexibility index (Phi) is 6.62. The summed E-state index contributed by atoms with van der Waals surface area (Å²) in [5.41, 5.74) is 6.01. The van der Waals surface area contributed by atoms with Crippen LogP contribution in [0.2, 0.25) is 0 Å². The van der Waals surface area contributed by atoms with Crippen LogP contribution in [0, 0.1) is 0 Å². The molecule has 0 aromatic rings. The number of amides is 2. The van der Waals surface area contributed by atoms with E-state index in [0.29, 0.717) is 12.0 Å². The van der Waals surface area contributed by atoms with E-state index >= 15 is 0 Å². The second kappa shape index (κ2) is 7.17. The Morgan fingerprint density at radius 3 is 2.40 bits per heavy atom. The molecule has 0 aromatic carbocycles. The topological polar surface area (TPSA) is 72.2 Å². The first-order valence-electron chi connectivity index (χ1n) is 5.32. The van der Waals surface area contributed by atoms with E-state index in [4.69, 9.17) is 5.73 Å². The molecule has 0 spiro atoms. The normalized spacial score (nSPS) is 13.5. The van der Waals surface area contributed by atoms with Gasteiger partial charge in [0, 0.05) is 5.57 Å². The van der Waals surface area contributed by atoms with Crippen molar-refractivity contribution in [1.82, 2.24) is 5.32 Å². The summed E-state index contributed by atoms with van der Waals surface area (Å²) in [6.45, 7) is 5.49. The number of hydrogen-bond acceptors (Lipinski definition) is 3. The summed E-state index contributed by atoms with van der Waals surface area (Å²) in [5.74, 6) is -0.751. The lowest BCUT2D eigenvalue weighted by Gasteiger charge is -2.08. The third kappa shape index (κ3) is 5.32. The molecule has 15 heavy (non-hydrogen) atoms. The van der Waals surface area contributed by atoms with Crippen molar-refractivity contribution < 1.29 is 9.59 Å². The van der Waals surface area contributed by atoms with Gasteiger partial charge in [0.1, 0.15) is 0 Å². The Hall–Kier alpha value is -1.16. The van der Waals surface area contributed by atoms with E-state index in [2.05, 4.69) is 5.32 Å². The quantitative estimate of drug-likeness (QED) is 0.671. The molecular weight excluding hydrogens is 192 g/mol. The third-order valence-corrected chi connectivity index (χ3v) is 1.91. The van der Waals surface area contributed by atoms with Crippen LogP contribution in [0.4, 0.5) is 0 Å². The molecule has 4 heteroatoms. The zero-order valence-corrected chi connectivity index (χ0v) is 9.67. The maximum absolute atomic E-state index is 11.6. The molecule has 0 aliphatic rings. The van der Waals surface area contributed by atoms with Gasteiger partial charge in [-0.1, -0.05) is 26.3 Å². The number of allylic oxidation sites excluding steroid dienone is 1. The monoisotopic (exact) mass is 212 g/mol. The second-order valence-corrected chi connectivity index (χ2v) is 3.49. The van der Waals surface area contributed by atoms with Gasteiger partial charge in [-0.05, 0) is 19.8 Å². The van der Waals surface area contributed by atoms with Gasteiger partial charge in [-0.2, -0.15) is 0 Å². The van der Waals surface area contributed by atoms with Gasteiger partial charge >= 0.3 is 0 Å². The van der Waals surface area contributed by atoms with Gasteiger partial charge in [0.05, 0.1) is 6.04 Å². The molecule has 0 heterocycles. The minimum absolute atomic E-state index is 0.319. The number of imide groups is 1. The highest BCUT2D eigenvalue weighted by Gasteiger charge is 2.14. The highest BCUT2D eigenvalue weighted by molar-refractivity contribution is 6.05. The summed E-state index contributed by atoms with van der Waals surface area (Å²) in [6.07, 6.45) is 4.19. The van der Waals surface area contributed by atoms with Crippen LogP contribution in [0.5, 0.6) is 0 Å². The van der Waals surface area contributed by atoms with Crippen molar-refractivity contribution in [2.45, 2.75) is 46.1 Å². The van der Waals surface area contributed by atoms with Crippen molar-refractivity contribution in [3.05, 3.63) is 11.6 Å². The average molecular weight is 212 g/mol. The second-order valence-electron chi connectivity index (χ2n) is 3.49. The molecular formula is C11H20N2O2. The van der Waals surface area contributed by atoms with Crippen LogP contribution < -0.4 is 11.1 Å². The molecule has 0 saturated carbocycles. The van der Waals surface area contributed by atoms with Crippen molar-refractivity contribution in [2.75, 3.05) is 0 Å². The summed E-state index contributed by atoms with van der Waals surface area (Å²) in [4.78, 5) is 22.8. The Morgan fingerprint density at radius 2 is 2.00 bits per heavy atom. The lowest BCUT2D eigenvalue weighted by Crippen LogP contribution is -2.42. The molecule has 0 rings (SSSR count). The maximum atomic E-state index is 11.6. The molecule has 4 nitrogen and oxygen atoms in total. The molecule has 1 atom stereocenters.